The van der Waals surface area contributed by atoms with Crippen LogP contribution in [0.4, 0.5) is 18.9 Å². The van der Waals surface area contributed by atoms with Gasteiger partial charge in [0.1, 0.15) is 0 Å². The number of anilines is 1. The summed E-state index contributed by atoms with van der Waals surface area (Å²) in [6.07, 6.45) is 0.230. The highest BCUT2D eigenvalue weighted by Crippen LogP contribution is 2.31. The SMILES string of the molecule is O=C(CNc1ccccc1OC(F)(F)F)N(C1CCCCC1)[C@@H]1CCS(=O)(=O)C1. The van der Waals surface area contributed by atoms with Crippen molar-refractivity contribution in [2.75, 3.05) is 23.4 Å². The number of rotatable bonds is 6. The van der Waals surface area contributed by atoms with Gasteiger partial charge in [-0.25, -0.2) is 8.42 Å². The van der Waals surface area contributed by atoms with E-state index in [2.05, 4.69) is 10.1 Å². The zero-order valence-corrected chi connectivity index (χ0v) is 16.8. The largest absolute Gasteiger partial charge is 0.573 e. The standard InChI is InChI=1S/C19H25F3N2O4S/c20-19(21,22)28-17-9-5-4-8-16(17)23-12-18(25)24(14-6-2-1-3-7-14)15-10-11-29(26,27)13-15/h4-5,8-9,14-15,23H,1-3,6-7,10-13H2/t15-/m1/s1. The highest BCUT2D eigenvalue weighted by Gasteiger charge is 2.38. The number of para-hydroxylation sites is 2. The number of hydrogen-bond donors (Lipinski definition) is 1. The number of hydrogen-bond acceptors (Lipinski definition) is 5. The maximum absolute atomic E-state index is 13.0. The highest BCUT2D eigenvalue weighted by molar-refractivity contribution is 7.91. The van der Waals surface area contributed by atoms with Gasteiger partial charge in [-0.1, -0.05) is 31.4 Å². The molecule has 1 N–H and O–H groups in total. The van der Waals surface area contributed by atoms with E-state index >= 15 is 0 Å². The van der Waals surface area contributed by atoms with E-state index in [1.165, 1.54) is 18.2 Å². The van der Waals surface area contributed by atoms with Gasteiger partial charge in [0, 0.05) is 12.1 Å². The summed E-state index contributed by atoms with van der Waals surface area (Å²) in [6, 6.07) is 5.11. The Bertz CT molecular complexity index is 823. The maximum Gasteiger partial charge on any atom is 0.573 e. The topological polar surface area (TPSA) is 75.7 Å². The molecule has 0 bridgehead atoms. The third-order valence-electron chi connectivity index (χ3n) is 5.40. The molecule has 1 aromatic carbocycles. The van der Waals surface area contributed by atoms with Crippen molar-refractivity contribution in [1.29, 1.82) is 0 Å². The van der Waals surface area contributed by atoms with Gasteiger partial charge in [-0.3, -0.25) is 4.79 Å². The molecule has 1 amide bonds. The van der Waals surface area contributed by atoms with Gasteiger partial charge in [0.15, 0.2) is 15.6 Å². The van der Waals surface area contributed by atoms with E-state index in [1.54, 1.807) is 11.0 Å². The van der Waals surface area contributed by atoms with Crippen LogP contribution in [-0.4, -0.2) is 55.7 Å². The molecule has 0 unspecified atom stereocenters. The summed E-state index contributed by atoms with van der Waals surface area (Å²) in [6.45, 7) is -0.231. The summed E-state index contributed by atoms with van der Waals surface area (Å²) in [4.78, 5) is 14.7. The Balaban J connectivity index is 1.72. The van der Waals surface area contributed by atoms with E-state index in [1.807, 2.05) is 0 Å². The van der Waals surface area contributed by atoms with Crippen LogP contribution in [-0.2, 0) is 14.6 Å². The predicted octanol–water partition coefficient (Wildman–Crippen LogP) is 3.35. The fraction of sp³-hybridized carbons (Fsp3) is 0.632. The van der Waals surface area contributed by atoms with Crippen molar-refractivity contribution >= 4 is 21.4 Å². The number of carbonyl (C=O) groups is 1. The Morgan fingerprint density at radius 3 is 2.41 bits per heavy atom. The second-order valence-corrected chi connectivity index (χ2v) is 9.78. The number of nitrogens with one attached hydrogen (secondary N) is 1. The van der Waals surface area contributed by atoms with Crippen LogP contribution >= 0.6 is 0 Å². The number of carbonyl (C=O) groups excluding carboxylic acids is 1. The number of benzene rings is 1. The van der Waals surface area contributed by atoms with Crippen LogP contribution in [0.5, 0.6) is 5.75 Å². The minimum absolute atomic E-state index is 0.0296. The molecule has 29 heavy (non-hydrogen) atoms. The van der Waals surface area contributed by atoms with Gasteiger partial charge in [-0.15, -0.1) is 13.2 Å². The first-order valence-corrected chi connectivity index (χ1v) is 11.6. The molecule has 2 aliphatic rings. The van der Waals surface area contributed by atoms with E-state index in [0.29, 0.717) is 6.42 Å². The van der Waals surface area contributed by atoms with Crippen molar-refractivity contribution in [2.24, 2.45) is 0 Å². The zero-order valence-electron chi connectivity index (χ0n) is 16.0. The molecular formula is C19H25F3N2O4S. The quantitative estimate of drug-likeness (QED) is 0.743. The second kappa shape index (κ2) is 8.81. The molecule has 1 saturated heterocycles. The molecule has 1 aliphatic heterocycles. The van der Waals surface area contributed by atoms with Gasteiger partial charge in [0.25, 0.3) is 0 Å². The smallest absolute Gasteiger partial charge is 0.404 e. The molecule has 10 heteroatoms. The molecule has 1 aliphatic carbocycles. The van der Waals surface area contributed by atoms with Crippen LogP contribution in [0.2, 0.25) is 0 Å². The fourth-order valence-electron chi connectivity index (χ4n) is 4.15. The average Bonchev–Trinajstić information content (AvgIpc) is 3.00. The van der Waals surface area contributed by atoms with Crippen molar-refractivity contribution in [1.82, 2.24) is 4.90 Å². The number of ether oxygens (including phenoxy) is 1. The molecular weight excluding hydrogens is 409 g/mol. The third-order valence-corrected chi connectivity index (χ3v) is 7.15. The number of nitrogens with zero attached hydrogens (tertiary/aromatic N) is 1. The number of amides is 1. The molecule has 0 aromatic heterocycles. The van der Waals surface area contributed by atoms with Crippen molar-refractivity contribution in [3.63, 3.8) is 0 Å². The van der Waals surface area contributed by atoms with E-state index in [9.17, 15) is 26.4 Å². The van der Waals surface area contributed by atoms with E-state index in [-0.39, 0.29) is 41.7 Å². The molecule has 162 valence electrons. The zero-order chi connectivity index (χ0) is 21.1. The monoisotopic (exact) mass is 434 g/mol. The summed E-state index contributed by atoms with van der Waals surface area (Å²) in [5.41, 5.74) is 0.0563. The Morgan fingerprint density at radius 2 is 1.79 bits per heavy atom. The van der Waals surface area contributed by atoms with E-state index < -0.39 is 21.9 Å². The third kappa shape index (κ3) is 6.01. The Kier molecular flexibility index (Phi) is 6.60. The normalized spacial score (nSPS) is 22.2. The second-order valence-electron chi connectivity index (χ2n) is 7.55. The van der Waals surface area contributed by atoms with Crippen LogP contribution in [0, 0.1) is 0 Å². The summed E-state index contributed by atoms with van der Waals surface area (Å²) >= 11 is 0. The lowest BCUT2D eigenvalue weighted by atomic mass is 9.93. The summed E-state index contributed by atoms with van der Waals surface area (Å²) in [5, 5.41) is 2.73. The molecule has 3 rings (SSSR count). The maximum atomic E-state index is 13.0. The van der Waals surface area contributed by atoms with E-state index in [0.717, 1.165) is 32.1 Å². The highest BCUT2D eigenvalue weighted by atomic mass is 32.2. The summed E-state index contributed by atoms with van der Waals surface area (Å²) in [5.74, 6) is -0.714. The fourth-order valence-corrected chi connectivity index (χ4v) is 5.86. The molecule has 1 saturated carbocycles. The Morgan fingerprint density at radius 1 is 1.10 bits per heavy atom. The van der Waals surface area contributed by atoms with Crippen LogP contribution < -0.4 is 10.1 Å². The predicted molar refractivity (Wildman–Crippen MR) is 102 cm³/mol. The lowest BCUT2D eigenvalue weighted by Crippen LogP contribution is -2.50. The Hall–Kier alpha value is -1.97. The molecule has 2 fully saturated rings. The first-order chi connectivity index (χ1) is 13.6. The molecule has 1 aromatic rings. The lowest BCUT2D eigenvalue weighted by Gasteiger charge is -2.38. The molecule has 1 atom stereocenters. The first kappa shape index (κ1) is 21.7. The molecule has 6 nitrogen and oxygen atoms in total. The van der Waals surface area contributed by atoms with Crippen LogP contribution in [0.15, 0.2) is 24.3 Å². The van der Waals surface area contributed by atoms with Gasteiger partial charge in [-0.05, 0) is 31.4 Å². The van der Waals surface area contributed by atoms with E-state index in [4.69, 9.17) is 0 Å². The van der Waals surface area contributed by atoms with Gasteiger partial charge < -0.3 is 15.0 Å². The number of sulfone groups is 1. The number of halogens is 3. The minimum atomic E-state index is -4.84. The van der Waals surface area contributed by atoms with Gasteiger partial charge in [0.2, 0.25) is 5.91 Å². The van der Waals surface area contributed by atoms with Crippen LogP contribution in [0.25, 0.3) is 0 Å². The van der Waals surface area contributed by atoms with Gasteiger partial charge >= 0.3 is 6.36 Å². The molecule has 1 heterocycles. The molecule has 0 spiro atoms. The summed E-state index contributed by atoms with van der Waals surface area (Å²) < 4.78 is 65.6. The minimum Gasteiger partial charge on any atom is -0.404 e. The Labute approximate surface area is 168 Å². The lowest BCUT2D eigenvalue weighted by molar-refractivity contribution is -0.274. The summed E-state index contributed by atoms with van der Waals surface area (Å²) in [7, 11) is -3.17. The van der Waals surface area contributed by atoms with Crippen molar-refractivity contribution in [2.45, 2.75) is 57.0 Å². The first-order valence-electron chi connectivity index (χ1n) is 9.75. The van der Waals surface area contributed by atoms with Gasteiger partial charge in [0.05, 0.1) is 23.7 Å². The van der Waals surface area contributed by atoms with Crippen LogP contribution in [0.1, 0.15) is 38.5 Å². The van der Waals surface area contributed by atoms with Crippen molar-refractivity contribution in [3.05, 3.63) is 24.3 Å². The average molecular weight is 434 g/mol. The number of alkyl halides is 3. The van der Waals surface area contributed by atoms with Crippen molar-refractivity contribution in [3.8, 4) is 5.75 Å². The van der Waals surface area contributed by atoms with Gasteiger partial charge in [-0.2, -0.15) is 0 Å². The molecule has 0 radical (unpaired) electrons. The van der Waals surface area contributed by atoms with Crippen LogP contribution in [0.3, 0.4) is 0 Å². The van der Waals surface area contributed by atoms with Crippen molar-refractivity contribution < 1.29 is 31.1 Å².